The van der Waals surface area contributed by atoms with E-state index in [1.165, 1.54) is 0 Å². The molecule has 6 heteroatoms. The van der Waals surface area contributed by atoms with Crippen LogP contribution in [0.1, 0.15) is 36.3 Å². The molecule has 0 saturated heterocycles. The molecule has 2 aromatic rings. The van der Waals surface area contributed by atoms with Crippen LogP contribution in [0.4, 0.5) is 0 Å². The lowest BCUT2D eigenvalue weighted by Gasteiger charge is -2.30. The van der Waals surface area contributed by atoms with Crippen molar-refractivity contribution < 1.29 is 9.53 Å². The van der Waals surface area contributed by atoms with Crippen molar-refractivity contribution in [1.29, 1.82) is 5.26 Å². The van der Waals surface area contributed by atoms with Gasteiger partial charge in [0, 0.05) is 29.5 Å². The van der Waals surface area contributed by atoms with Gasteiger partial charge in [0.2, 0.25) is 5.88 Å². The summed E-state index contributed by atoms with van der Waals surface area (Å²) >= 11 is 0. The molecule has 2 heterocycles. The Morgan fingerprint density at radius 3 is 2.85 bits per heavy atom. The molecule has 3 N–H and O–H groups in total. The number of fused-ring (bicyclic) bond motifs is 1. The summed E-state index contributed by atoms with van der Waals surface area (Å²) in [7, 11) is 0. The SMILES string of the molecule is Cc1ccc2[nH]c(=O)c([C@@H]3C(C#N)=C(N)OC4=C3C(=O)CCC4)cc2c1. The lowest BCUT2D eigenvalue weighted by atomic mass is 9.78. The fourth-order valence-corrected chi connectivity index (χ4v) is 3.72. The summed E-state index contributed by atoms with van der Waals surface area (Å²) in [6.07, 6.45) is 1.62. The number of ketones is 1. The highest BCUT2D eigenvalue weighted by atomic mass is 16.5. The fraction of sp³-hybridized carbons (Fsp3) is 0.250. The number of carbonyl (C=O) groups excluding carboxylic acids is 1. The molecule has 1 aliphatic carbocycles. The van der Waals surface area contributed by atoms with E-state index in [2.05, 4.69) is 4.98 Å². The first-order valence-electron chi connectivity index (χ1n) is 8.47. The van der Waals surface area contributed by atoms with Crippen molar-refractivity contribution in [2.45, 2.75) is 32.1 Å². The van der Waals surface area contributed by atoms with Crippen LogP contribution < -0.4 is 11.3 Å². The van der Waals surface area contributed by atoms with Gasteiger partial charge in [0.15, 0.2) is 5.78 Å². The number of Topliss-reactive ketones (excluding diaryl/α,β-unsaturated/α-hetero) is 1. The van der Waals surface area contributed by atoms with Crippen LogP contribution in [-0.4, -0.2) is 10.8 Å². The third kappa shape index (κ3) is 2.40. The lowest BCUT2D eigenvalue weighted by molar-refractivity contribution is -0.116. The molecule has 0 amide bonds. The first-order valence-corrected chi connectivity index (χ1v) is 8.47. The van der Waals surface area contributed by atoms with Gasteiger partial charge >= 0.3 is 0 Å². The van der Waals surface area contributed by atoms with E-state index in [4.69, 9.17) is 10.5 Å². The highest BCUT2D eigenvalue weighted by Crippen LogP contribution is 2.42. The number of pyridine rings is 1. The van der Waals surface area contributed by atoms with Crippen LogP contribution in [0.25, 0.3) is 10.9 Å². The minimum atomic E-state index is -0.787. The summed E-state index contributed by atoms with van der Waals surface area (Å²) in [5, 5.41) is 10.4. The number of nitrogens with zero attached hydrogens (tertiary/aromatic N) is 1. The summed E-state index contributed by atoms with van der Waals surface area (Å²) in [6.45, 7) is 1.96. The Morgan fingerprint density at radius 1 is 1.27 bits per heavy atom. The Morgan fingerprint density at radius 2 is 2.08 bits per heavy atom. The van der Waals surface area contributed by atoms with Gasteiger partial charge in [-0.15, -0.1) is 0 Å². The number of aromatic amines is 1. The average Bonchev–Trinajstić information content (AvgIpc) is 2.60. The molecule has 0 saturated carbocycles. The van der Waals surface area contributed by atoms with Crippen molar-refractivity contribution in [2.24, 2.45) is 5.73 Å². The van der Waals surface area contributed by atoms with Crippen molar-refractivity contribution in [3.63, 3.8) is 0 Å². The Bertz CT molecular complexity index is 1120. The van der Waals surface area contributed by atoms with E-state index in [-0.39, 0.29) is 22.8 Å². The summed E-state index contributed by atoms with van der Waals surface area (Å²) in [5.41, 5.74) is 8.19. The highest BCUT2D eigenvalue weighted by molar-refractivity contribution is 5.99. The number of nitrogens with two attached hydrogens (primary N) is 1. The molecule has 0 radical (unpaired) electrons. The van der Waals surface area contributed by atoms with Crippen molar-refractivity contribution in [1.82, 2.24) is 4.98 Å². The number of aromatic nitrogens is 1. The molecule has 1 aromatic carbocycles. The second-order valence-corrected chi connectivity index (χ2v) is 6.68. The van der Waals surface area contributed by atoms with Gasteiger partial charge in [-0.2, -0.15) is 5.26 Å². The van der Waals surface area contributed by atoms with Gasteiger partial charge in [0.1, 0.15) is 17.4 Å². The molecular formula is C20H17N3O3. The number of nitrogens with one attached hydrogen (secondary N) is 1. The Balaban J connectivity index is 2.00. The highest BCUT2D eigenvalue weighted by Gasteiger charge is 2.39. The van der Waals surface area contributed by atoms with Crippen molar-refractivity contribution in [3.05, 3.63) is 68.5 Å². The molecule has 2 aliphatic rings. The molecule has 0 unspecified atom stereocenters. The molecule has 4 rings (SSSR count). The number of allylic oxidation sites excluding steroid dienone is 3. The largest absolute Gasteiger partial charge is 0.444 e. The van der Waals surface area contributed by atoms with Crippen LogP contribution in [0.15, 0.2) is 51.8 Å². The van der Waals surface area contributed by atoms with Crippen LogP contribution >= 0.6 is 0 Å². The maximum absolute atomic E-state index is 12.8. The van der Waals surface area contributed by atoms with Crippen molar-refractivity contribution in [2.75, 3.05) is 0 Å². The Kier molecular flexibility index (Phi) is 3.66. The third-order valence-corrected chi connectivity index (χ3v) is 4.94. The standard InChI is InChI=1S/C20H17N3O3/c1-10-5-6-14-11(7-10)8-12(20(25)23-14)17-13(9-21)19(22)26-16-4-2-3-15(24)18(16)17/h5-8,17H,2-4,22H2,1H3,(H,23,25)/t17-/m1/s1. The predicted octanol–water partition coefficient (Wildman–Crippen LogP) is 2.65. The minimum Gasteiger partial charge on any atom is -0.444 e. The van der Waals surface area contributed by atoms with E-state index < -0.39 is 5.92 Å². The maximum Gasteiger partial charge on any atom is 0.252 e. The number of nitriles is 1. The zero-order chi connectivity index (χ0) is 18.4. The molecule has 26 heavy (non-hydrogen) atoms. The zero-order valence-corrected chi connectivity index (χ0v) is 14.3. The van der Waals surface area contributed by atoms with Gasteiger partial charge in [-0.3, -0.25) is 9.59 Å². The number of rotatable bonds is 1. The van der Waals surface area contributed by atoms with Crippen LogP contribution in [0.5, 0.6) is 0 Å². The normalized spacial score (nSPS) is 20.0. The number of hydrogen-bond acceptors (Lipinski definition) is 5. The molecule has 0 fully saturated rings. The van der Waals surface area contributed by atoms with Gasteiger partial charge in [0.25, 0.3) is 5.56 Å². The van der Waals surface area contributed by atoms with Gasteiger partial charge < -0.3 is 15.5 Å². The lowest BCUT2D eigenvalue weighted by Crippen LogP contribution is -2.30. The smallest absolute Gasteiger partial charge is 0.252 e. The van der Waals surface area contributed by atoms with Crippen molar-refractivity contribution >= 4 is 16.7 Å². The zero-order valence-electron chi connectivity index (χ0n) is 14.3. The first kappa shape index (κ1) is 16.2. The third-order valence-electron chi connectivity index (χ3n) is 4.94. The average molecular weight is 347 g/mol. The Hall–Kier alpha value is -3.33. The second kappa shape index (κ2) is 5.88. The monoisotopic (exact) mass is 347 g/mol. The number of carbonyl (C=O) groups is 1. The minimum absolute atomic E-state index is 0.0327. The van der Waals surface area contributed by atoms with E-state index in [0.29, 0.717) is 41.7 Å². The maximum atomic E-state index is 12.8. The van der Waals surface area contributed by atoms with E-state index >= 15 is 0 Å². The first-order chi connectivity index (χ1) is 12.5. The second-order valence-electron chi connectivity index (χ2n) is 6.68. The molecule has 130 valence electrons. The predicted molar refractivity (Wildman–Crippen MR) is 95.8 cm³/mol. The van der Waals surface area contributed by atoms with E-state index in [1.807, 2.05) is 31.2 Å². The molecule has 0 bridgehead atoms. The van der Waals surface area contributed by atoms with Crippen LogP contribution in [0, 0.1) is 18.3 Å². The van der Waals surface area contributed by atoms with Crippen LogP contribution in [0.3, 0.4) is 0 Å². The summed E-state index contributed by atoms with van der Waals surface area (Å²) in [5.74, 6) is -0.438. The number of hydrogen-bond donors (Lipinski definition) is 2. The topological polar surface area (TPSA) is 109 Å². The fourth-order valence-electron chi connectivity index (χ4n) is 3.72. The molecular weight excluding hydrogens is 330 g/mol. The molecule has 1 atom stereocenters. The van der Waals surface area contributed by atoms with Crippen LogP contribution in [0.2, 0.25) is 0 Å². The van der Waals surface area contributed by atoms with Gasteiger partial charge in [-0.1, -0.05) is 11.6 Å². The Labute approximate surface area is 149 Å². The summed E-state index contributed by atoms with van der Waals surface area (Å²) in [6, 6.07) is 9.48. The van der Waals surface area contributed by atoms with E-state index in [9.17, 15) is 14.9 Å². The van der Waals surface area contributed by atoms with Gasteiger partial charge in [-0.25, -0.2) is 0 Å². The molecule has 1 aliphatic heterocycles. The van der Waals surface area contributed by atoms with Gasteiger partial charge in [-0.05, 0) is 36.9 Å². The number of benzene rings is 1. The quantitative estimate of drug-likeness (QED) is 0.824. The van der Waals surface area contributed by atoms with E-state index in [0.717, 1.165) is 10.9 Å². The number of ether oxygens (including phenoxy) is 1. The summed E-state index contributed by atoms with van der Waals surface area (Å²) in [4.78, 5) is 28.2. The molecule has 6 nitrogen and oxygen atoms in total. The number of H-pyrrole nitrogens is 1. The van der Waals surface area contributed by atoms with Crippen LogP contribution in [-0.2, 0) is 9.53 Å². The molecule has 0 spiro atoms. The molecule has 1 aromatic heterocycles. The van der Waals surface area contributed by atoms with Crippen molar-refractivity contribution in [3.8, 4) is 6.07 Å². The van der Waals surface area contributed by atoms with Gasteiger partial charge in [0.05, 0.1) is 5.92 Å². The van der Waals surface area contributed by atoms with E-state index in [1.54, 1.807) is 6.07 Å². The number of aryl methyl sites for hydroxylation is 1. The summed E-state index contributed by atoms with van der Waals surface area (Å²) < 4.78 is 5.54.